The smallest absolute Gasteiger partial charge is 0.0662 e. The molecular formula is C11H23NO. The van der Waals surface area contributed by atoms with E-state index in [0.717, 1.165) is 0 Å². The highest BCUT2D eigenvalue weighted by Gasteiger charge is 2.64. The van der Waals surface area contributed by atoms with E-state index < -0.39 is 0 Å². The van der Waals surface area contributed by atoms with E-state index in [0.29, 0.717) is 16.9 Å². The van der Waals surface area contributed by atoms with Gasteiger partial charge < -0.3 is 10.4 Å². The van der Waals surface area contributed by atoms with Crippen LogP contribution in [0.2, 0.25) is 0 Å². The standard InChI is InChI=1S/C11H23NO/c1-7(8(2)13)12-9-10(3,4)11(9,5)6/h7-9,12-13H,1-6H3. The molecule has 0 aromatic carbocycles. The fourth-order valence-corrected chi connectivity index (χ4v) is 2.02. The third kappa shape index (κ3) is 1.62. The van der Waals surface area contributed by atoms with Gasteiger partial charge in [0, 0.05) is 12.1 Å². The van der Waals surface area contributed by atoms with Crippen LogP contribution < -0.4 is 5.32 Å². The molecule has 2 atom stereocenters. The second kappa shape index (κ2) is 2.96. The summed E-state index contributed by atoms with van der Waals surface area (Å²) >= 11 is 0. The molecule has 1 saturated carbocycles. The van der Waals surface area contributed by atoms with Crippen molar-refractivity contribution in [2.45, 2.75) is 59.7 Å². The Bertz CT molecular complexity index is 182. The van der Waals surface area contributed by atoms with Gasteiger partial charge in [-0.15, -0.1) is 0 Å². The van der Waals surface area contributed by atoms with Gasteiger partial charge in [0.05, 0.1) is 6.10 Å². The van der Waals surface area contributed by atoms with Gasteiger partial charge in [0.1, 0.15) is 0 Å². The third-order valence-corrected chi connectivity index (χ3v) is 4.17. The van der Waals surface area contributed by atoms with Gasteiger partial charge in [-0.1, -0.05) is 27.7 Å². The molecule has 13 heavy (non-hydrogen) atoms. The molecule has 1 aliphatic carbocycles. The Balaban J connectivity index is 2.51. The summed E-state index contributed by atoms with van der Waals surface area (Å²) in [5.41, 5.74) is 0.715. The predicted molar refractivity (Wildman–Crippen MR) is 55.6 cm³/mol. The zero-order valence-electron chi connectivity index (χ0n) is 9.68. The summed E-state index contributed by atoms with van der Waals surface area (Å²) in [7, 11) is 0. The Labute approximate surface area is 81.7 Å². The summed E-state index contributed by atoms with van der Waals surface area (Å²) in [5.74, 6) is 0. The van der Waals surface area contributed by atoms with E-state index >= 15 is 0 Å². The van der Waals surface area contributed by atoms with Gasteiger partial charge in [-0.05, 0) is 24.7 Å². The maximum Gasteiger partial charge on any atom is 0.0662 e. The largest absolute Gasteiger partial charge is 0.392 e. The van der Waals surface area contributed by atoms with Crippen LogP contribution in [0.1, 0.15) is 41.5 Å². The Morgan fingerprint density at radius 1 is 1.08 bits per heavy atom. The van der Waals surface area contributed by atoms with Crippen molar-refractivity contribution < 1.29 is 5.11 Å². The van der Waals surface area contributed by atoms with Crippen LogP contribution in [0.25, 0.3) is 0 Å². The van der Waals surface area contributed by atoms with Gasteiger partial charge in [-0.2, -0.15) is 0 Å². The van der Waals surface area contributed by atoms with E-state index in [1.165, 1.54) is 0 Å². The topological polar surface area (TPSA) is 32.3 Å². The Kier molecular flexibility index (Phi) is 2.50. The van der Waals surface area contributed by atoms with Crippen LogP contribution in [0, 0.1) is 10.8 Å². The minimum Gasteiger partial charge on any atom is -0.392 e. The molecule has 2 nitrogen and oxygen atoms in total. The lowest BCUT2D eigenvalue weighted by Gasteiger charge is -2.18. The molecule has 0 spiro atoms. The highest BCUT2D eigenvalue weighted by molar-refractivity contribution is 5.18. The maximum absolute atomic E-state index is 9.38. The van der Waals surface area contributed by atoms with Gasteiger partial charge >= 0.3 is 0 Å². The number of rotatable bonds is 3. The molecule has 0 aromatic rings. The quantitative estimate of drug-likeness (QED) is 0.702. The highest BCUT2D eigenvalue weighted by Crippen LogP contribution is 2.62. The number of hydrogen-bond donors (Lipinski definition) is 2. The van der Waals surface area contributed by atoms with E-state index in [1.54, 1.807) is 0 Å². The summed E-state index contributed by atoms with van der Waals surface area (Å²) in [5, 5.41) is 12.9. The first-order chi connectivity index (χ1) is 5.71. The van der Waals surface area contributed by atoms with Gasteiger partial charge in [-0.3, -0.25) is 0 Å². The average Bonchev–Trinajstić information content (AvgIpc) is 2.32. The van der Waals surface area contributed by atoms with Gasteiger partial charge in [0.25, 0.3) is 0 Å². The zero-order valence-corrected chi connectivity index (χ0v) is 9.68. The number of aliphatic hydroxyl groups excluding tert-OH is 1. The molecule has 0 heterocycles. The summed E-state index contributed by atoms with van der Waals surface area (Å²) < 4.78 is 0. The summed E-state index contributed by atoms with van der Waals surface area (Å²) in [6.07, 6.45) is -0.271. The molecule has 2 N–H and O–H groups in total. The van der Waals surface area contributed by atoms with Gasteiger partial charge in [0.15, 0.2) is 0 Å². The second-order valence-corrected chi connectivity index (χ2v) is 5.57. The van der Waals surface area contributed by atoms with Crippen molar-refractivity contribution in [1.29, 1.82) is 0 Å². The molecule has 0 bridgehead atoms. The molecule has 2 unspecified atom stereocenters. The van der Waals surface area contributed by atoms with E-state index in [-0.39, 0.29) is 12.1 Å². The first-order valence-corrected chi connectivity index (χ1v) is 5.15. The molecule has 2 heteroatoms. The first kappa shape index (κ1) is 11.0. The lowest BCUT2D eigenvalue weighted by atomic mass is 10.0. The molecule has 0 aliphatic heterocycles. The van der Waals surface area contributed by atoms with Gasteiger partial charge in [-0.25, -0.2) is 0 Å². The molecule has 0 radical (unpaired) electrons. The molecule has 0 aromatic heterocycles. The zero-order chi connectivity index (χ0) is 10.4. The lowest BCUT2D eigenvalue weighted by Crippen LogP contribution is -2.39. The van der Waals surface area contributed by atoms with E-state index in [9.17, 15) is 5.11 Å². The molecule has 1 fully saturated rings. The number of hydrogen-bond acceptors (Lipinski definition) is 2. The highest BCUT2D eigenvalue weighted by atomic mass is 16.3. The minimum atomic E-state index is -0.271. The Morgan fingerprint density at radius 3 is 1.69 bits per heavy atom. The molecular weight excluding hydrogens is 162 g/mol. The van der Waals surface area contributed by atoms with E-state index in [2.05, 4.69) is 33.0 Å². The number of nitrogens with one attached hydrogen (secondary N) is 1. The molecule has 1 rings (SSSR count). The Hall–Kier alpha value is -0.0800. The van der Waals surface area contributed by atoms with Crippen molar-refractivity contribution in [3.63, 3.8) is 0 Å². The molecule has 78 valence electrons. The van der Waals surface area contributed by atoms with Crippen molar-refractivity contribution >= 4 is 0 Å². The van der Waals surface area contributed by atoms with Crippen LogP contribution in [0.5, 0.6) is 0 Å². The first-order valence-electron chi connectivity index (χ1n) is 5.15. The summed E-state index contributed by atoms with van der Waals surface area (Å²) in [6, 6.07) is 0.718. The van der Waals surface area contributed by atoms with Crippen molar-refractivity contribution in [1.82, 2.24) is 5.32 Å². The van der Waals surface area contributed by atoms with Crippen LogP contribution in [0.4, 0.5) is 0 Å². The van der Waals surface area contributed by atoms with Gasteiger partial charge in [0.2, 0.25) is 0 Å². The van der Waals surface area contributed by atoms with E-state index in [1.807, 2.05) is 13.8 Å². The summed E-state index contributed by atoms with van der Waals surface area (Å²) in [4.78, 5) is 0. The fraction of sp³-hybridized carbons (Fsp3) is 1.00. The van der Waals surface area contributed by atoms with Crippen molar-refractivity contribution in [2.24, 2.45) is 10.8 Å². The van der Waals surface area contributed by atoms with Crippen LogP contribution in [0.15, 0.2) is 0 Å². The average molecular weight is 185 g/mol. The fourth-order valence-electron chi connectivity index (χ4n) is 2.02. The van der Waals surface area contributed by atoms with Crippen LogP contribution in [-0.4, -0.2) is 23.3 Å². The van der Waals surface area contributed by atoms with Crippen molar-refractivity contribution in [2.75, 3.05) is 0 Å². The van der Waals surface area contributed by atoms with Crippen LogP contribution in [-0.2, 0) is 0 Å². The second-order valence-electron chi connectivity index (χ2n) is 5.57. The summed E-state index contributed by atoms with van der Waals surface area (Å²) in [6.45, 7) is 13.0. The van der Waals surface area contributed by atoms with Crippen molar-refractivity contribution in [3.8, 4) is 0 Å². The maximum atomic E-state index is 9.38. The monoisotopic (exact) mass is 185 g/mol. The third-order valence-electron chi connectivity index (χ3n) is 4.17. The molecule has 0 amide bonds. The van der Waals surface area contributed by atoms with Crippen molar-refractivity contribution in [3.05, 3.63) is 0 Å². The van der Waals surface area contributed by atoms with E-state index in [4.69, 9.17) is 0 Å². The van der Waals surface area contributed by atoms with Crippen LogP contribution >= 0.6 is 0 Å². The number of aliphatic hydroxyl groups is 1. The predicted octanol–water partition coefficient (Wildman–Crippen LogP) is 1.78. The minimum absolute atomic E-state index is 0.186. The Morgan fingerprint density at radius 2 is 1.46 bits per heavy atom. The van der Waals surface area contributed by atoms with Crippen LogP contribution in [0.3, 0.4) is 0 Å². The molecule has 1 aliphatic rings. The molecule has 0 saturated heterocycles. The SMILES string of the molecule is CC(O)C(C)NC1C(C)(C)C1(C)C. The normalized spacial score (nSPS) is 29.8. The lowest BCUT2D eigenvalue weighted by molar-refractivity contribution is 0.149.